The van der Waals surface area contributed by atoms with Gasteiger partial charge in [0.05, 0.1) is 6.67 Å². The molecule has 0 fully saturated rings. The number of aromatic nitrogens is 2. The summed E-state index contributed by atoms with van der Waals surface area (Å²) >= 11 is 0. The molecule has 2 rings (SSSR count). The number of H-pyrrole nitrogens is 1. The zero-order chi connectivity index (χ0) is 11.9. The van der Waals surface area contributed by atoms with E-state index >= 15 is 0 Å². The van der Waals surface area contributed by atoms with Crippen LogP contribution in [0, 0.1) is 0 Å². The van der Waals surface area contributed by atoms with Crippen molar-refractivity contribution >= 4 is 11.5 Å². The van der Waals surface area contributed by atoms with Gasteiger partial charge in [0.1, 0.15) is 11.5 Å². The Morgan fingerprint density at radius 1 is 1.31 bits per heavy atom. The molecule has 16 heavy (non-hydrogen) atoms. The molecule has 0 aliphatic carbocycles. The Labute approximate surface area is 93.1 Å². The smallest absolute Gasteiger partial charge is 0.329 e. The van der Waals surface area contributed by atoms with Gasteiger partial charge < -0.3 is 9.80 Å². The monoisotopic (exact) mass is 224 g/mol. The molecule has 0 bridgehead atoms. The highest BCUT2D eigenvalue weighted by Crippen LogP contribution is 2.29. The molecule has 1 aromatic rings. The molecule has 0 unspecified atom stereocenters. The van der Waals surface area contributed by atoms with Crippen LogP contribution in [0.2, 0.25) is 0 Å². The number of fused-ring (bicyclic) bond motifs is 1. The van der Waals surface area contributed by atoms with E-state index in [0.29, 0.717) is 12.4 Å². The average molecular weight is 224 g/mol. The molecule has 0 amide bonds. The first-order chi connectivity index (χ1) is 7.56. The van der Waals surface area contributed by atoms with Crippen molar-refractivity contribution in [2.75, 3.05) is 30.1 Å². The van der Waals surface area contributed by atoms with E-state index in [1.54, 1.807) is 7.05 Å². The molecule has 6 heteroatoms. The van der Waals surface area contributed by atoms with Crippen LogP contribution in [-0.2, 0) is 7.05 Å². The van der Waals surface area contributed by atoms with Crippen molar-refractivity contribution in [2.45, 2.75) is 13.3 Å². The van der Waals surface area contributed by atoms with Gasteiger partial charge in [-0.15, -0.1) is 0 Å². The van der Waals surface area contributed by atoms with Crippen molar-refractivity contribution in [1.82, 2.24) is 9.55 Å². The Balaban J connectivity index is 2.66. The van der Waals surface area contributed by atoms with E-state index in [1.807, 2.05) is 16.8 Å². The molecule has 0 saturated heterocycles. The summed E-state index contributed by atoms with van der Waals surface area (Å²) in [6.07, 6.45) is 0.980. The summed E-state index contributed by atoms with van der Waals surface area (Å²) in [4.78, 5) is 29.5. The minimum atomic E-state index is -0.361. The van der Waals surface area contributed by atoms with Gasteiger partial charge in [0.15, 0.2) is 0 Å². The summed E-state index contributed by atoms with van der Waals surface area (Å²) in [7, 11) is 3.53. The first-order valence-electron chi connectivity index (χ1n) is 5.35. The summed E-state index contributed by atoms with van der Waals surface area (Å²) in [6.45, 7) is 3.57. The second kappa shape index (κ2) is 3.70. The van der Waals surface area contributed by atoms with Crippen LogP contribution in [0.25, 0.3) is 0 Å². The highest BCUT2D eigenvalue weighted by atomic mass is 16.2. The van der Waals surface area contributed by atoms with Crippen molar-refractivity contribution in [3.63, 3.8) is 0 Å². The van der Waals surface area contributed by atoms with Gasteiger partial charge in [0.25, 0.3) is 5.56 Å². The number of nitrogens with one attached hydrogen (secondary N) is 1. The van der Waals surface area contributed by atoms with Crippen LogP contribution in [0.4, 0.5) is 11.5 Å². The van der Waals surface area contributed by atoms with Crippen molar-refractivity contribution in [2.24, 2.45) is 7.05 Å². The molecule has 1 aromatic heterocycles. The average Bonchev–Trinajstić information content (AvgIpc) is 2.53. The van der Waals surface area contributed by atoms with Crippen LogP contribution in [-0.4, -0.2) is 29.8 Å². The minimum absolute atomic E-state index is 0.306. The molecule has 0 radical (unpaired) electrons. The number of hydrogen-bond donors (Lipinski definition) is 1. The van der Waals surface area contributed by atoms with Gasteiger partial charge in [-0.2, -0.15) is 0 Å². The molecular weight excluding hydrogens is 208 g/mol. The molecule has 88 valence electrons. The fourth-order valence-electron chi connectivity index (χ4n) is 2.14. The topological polar surface area (TPSA) is 61.3 Å². The van der Waals surface area contributed by atoms with Crippen molar-refractivity contribution in [3.8, 4) is 0 Å². The lowest BCUT2D eigenvalue weighted by Gasteiger charge is -2.19. The molecule has 1 N–H and O–H groups in total. The maximum atomic E-state index is 11.7. The fourth-order valence-corrected chi connectivity index (χ4v) is 2.14. The molecule has 6 nitrogen and oxygen atoms in total. The number of hydrogen-bond acceptors (Lipinski definition) is 4. The molecule has 0 atom stereocenters. The van der Waals surface area contributed by atoms with Crippen LogP contribution < -0.4 is 21.0 Å². The number of anilines is 2. The zero-order valence-electron chi connectivity index (χ0n) is 9.78. The Morgan fingerprint density at radius 2 is 2.00 bits per heavy atom. The minimum Gasteiger partial charge on any atom is -0.349 e. The predicted octanol–water partition coefficient (Wildman–Crippen LogP) is -0.303. The summed E-state index contributed by atoms with van der Waals surface area (Å²) in [6, 6.07) is 0. The first-order valence-corrected chi connectivity index (χ1v) is 5.35. The summed E-state index contributed by atoms with van der Waals surface area (Å²) < 4.78 is 1.50. The third-order valence-corrected chi connectivity index (χ3v) is 2.83. The number of rotatable bonds is 2. The maximum Gasteiger partial charge on any atom is 0.329 e. The SMILES string of the molecule is CCCN1CN(C)c2c1n(C)c(=O)[nH]c2=O. The molecule has 2 heterocycles. The second-order valence-electron chi connectivity index (χ2n) is 4.09. The van der Waals surface area contributed by atoms with Gasteiger partial charge in [-0.05, 0) is 6.42 Å². The van der Waals surface area contributed by atoms with E-state index in [4.69, 9.17) is 0 Å². The molecule has 0 aromatic carbocycles. The Bertz CT molecular complexity index is 517. The number of nitrogens with zero attached hydrogens (tertiary/aromatic N) is 3. The van der Waals surface area contributed by atoms with Crippen LogP contribution in [0.5, 0.6) is 0 Å². The van der Waals surface area contributed by atoms with Crippen LogP contribution in [0.15, 0.2) is 9.59 Å². The normalized spacial score (nSPS) is 14.4. The third-order valence-electron chi connectivity index (χ3n) is 2.83. The van der Waals surface area contributed by atoms with Crippen LogP contribution in [0.3, 0.4) is 0 Å². The van der Waals surface area contributed by atoms with Gasteiger partial charge in [0, 0.05) is 20.6 Å². The van der Waals surface area contributed by atoms with Gasteiger partial charge in [-0.3, -0.25) is 14.3 Å². The standard InChI is InChI=1S/C10H16N4O2/c1-4-5-14-6-12(2)7-8(15)11-10(16)13(3)9(7)14/h4-6H2,1-3H3,(H,11,15,16). The zero-order valence-corrected chi connectivity index (χ0v) is 9.78. The molecule has 0 saturated carbocycles. The molecule has 1 aliphatic rings. The van der Waals surface area contributed by atoms with E-state index in [0.717, 1.165) is 18.8 Å². The maximum absolute atomic E-state index is 11.7. The quantitative estimate of drug-likeness (QED) is 0.749. The van der Waals surface area contributed by atoms with Gasteiger partial charge in [-0.25, -0.2) is 4.79 Å². The second-order valence-corrected chi connectivity index (χ2v) is 4.09. The Kier molecular flexibility index (Phi) is 2.49. The third kappa shape index (κ3) is 1.41. The lowest BCUT2D eigenvalue weighted by Crippen LogP contribution is -2.32. The van der Waals surface area contributed by atoms with Crippen LogP contribution >= 0.6 is 0 Å². The Morgan fingerprint density at radius 3 is 2.62 bits per heavy atom. The largest absolute Gasteiger partial charge is 0.349 e. The highest BCUT2D eigenvalue weighted by Gasteiger charge is 2.28. The number of aromatic amines is 1. The summed E-state index contributed by atoms with van der Waals surface area (Å²) in [5.74, 6) is 0.720. The lowest BCUT2D eigenvalue weighted by molar-refractivity contribution is 0.733. The van der Waals surface area contributed by atoms with E-state index in [1.165, 1.54) is 4.57 Å². The van der Waals surface area contributed by atoms with Crippen molar-refractivity contribution < 1.29 is 0 Å². The molecular formula is C10H16N4O2. The fraction of sp³-hybridized carbons (Fsp3) is 0.600. The van der Waals surface area contributed by atoms with Crippen molar-refractivity contribution in [1.29, 1.82) is 0 Å². The lowest BCUT2D eigenvalue weighted by atomic mass is 10.4. The molecule has 0 spiro atoms. The van der Waals surface area contributed by atoms with Gasteiger partial charge >= 0.3 is 5.69 Å². The predicted molar refractivity (Wildman–Crippen MR) is 63.2 cm³/mol. The molecule has 1 aliphatic heterocycles. The van der Waals surface area contributed by atoms with Gasteiger partial charge in [-0.1, -0.05) is 6.92 Å². The van der Waals surface area contributed by atoms with Crippen LogP contribution in [0.1, 0.15) is 13.3 Å². The summed E-state index contributed by atoms with van der Waals surface area (Å²) in [5.41, 5.74) is -0.0880. The van der Waals surface area contributed by atoms with E-state index in [2.05, 4.69) is 11.9 Å². The summed E-state index contributed by atoms with van der Waals surface area (Å²) in [5, 5.41) is 0. The first kappa shape index (κ1) is 10.8. The van der Waals surface area contributed by atoms with E-state index in [9.17, 15) is 9.59 Å². The van der Waals surface area contributed by atoms with E-state index in [-0.39, 0.29) is 11.2 Å². The van der Waals surface area contributed by atoms with E-state index < -0.39 is 0 Å². The Hall–Kier alpha value is -1.72. The highest BCUT2D eigenvalue weighted by molar-refractivity contribution is 5.71. The van der Waals surface area contributed by atoms with Gasteiger partial charge in [0.2, 0.25) is 0 Å². The van der Waals surface area contributed by atoms with Crippen molar-refractivity contribution in [3.05, 3.63) is 20.8 Å².